The molecule has 4 heterocycles. The van der Waals surface area contributed by atoms with Gasteiger partial charge in [0.1, 0.15) is 0 Å². The van der Waals surface area contributed by atoms with Gasteiger partial charge in [0.2, 0.25) is 5.95 Å². The summed E-state index contributed by atoms with van der Waals surface area (Å²) in [5.41, 5.74) is 8.38. The number of benzene rings is 2. The van der Waals surface area contributed by atoms with E-state index in [1.165, 1.54) is 11.1 Å². The highest BCUT2D eigenvalue weighted by atomic mass is 16.5. The van der Waals surface area contributed by atoms with Crippen LogP contribution in [-0.2, 0) is 22.5 Å². The van der Waals surface area contributed by atoms with E-state index >= 15 is 0 Å². The molecule has 1 fully saturated rings. The van der Waals surface area contributed by atoms with E-state index < -0.39 is 17.7 Å². The Morgan fingerprint density at radius 3 is 2.40 bits per heavy atom. The smallest absolute Gasteiger partial charge is 0.337 e. The van der Waals surface area contributed by atoms with Crippen LogP contribution in [0.4, 0.5) is 11.6 Å². The molecule has 0 aliphatic carbocycles. The summed E-state index contributed by atoms with van der Waals surface area (Å²) >= 11 is 0. The molecule has 1 N–H and O–H groups in total. The van der Waals surface area contributed by atoms with Crippen LogP contribution in [0.1, 0.15) is 81.6 Å². The number of carboxylic acids is 1. The number of piperidine rings is 1. The zero-order chi connectivity index (χ0) is 32.1. The Bertz CT molecular complexity index is 1750. The molecule has 2 aliphatic heterocycles. The summed E-state index contributed by atoms with van der Waals surface area (Å²) in [6.45, 7) is 17.6. The van der Waals surface area contributed by atoms with Crippen molar-refractivity contribution in [2.45, 2.75) is 86.0 Å². The van der Waals surface area contributed by atoms with E-state index in [1.807, 2.05) is 65.1 Å². The van der Waals surface area contributed by atoms with E-state index in [-0.39, 0.29) is 5.41 Å². The zero-order valence-electron chi connectivity index (χ0n) is 27.6. The molecule has 0 unspecified atom stereocenters. The number of aliphatic carboxylic acids is 1. The molecule has 236 valence electrons. The van der Waals surface area contributed by atoms with Gasteiger partial charge in [-0.3, -0.25) is 4.98 Å². The lowest BCUT2D eigenvalue weighted by Gasteiger charge is -2.41. The largest absolute Gasteiger partial charge is 0.479 e. The van der Waals surface area contributed by atoms with Crippen LogP contribution in [0.25, 0.3) is 22.0 Å². The van der Waals surface area contributed by atoms with Gasteiger partial charge in [-0.05, 0) is 82.1 Å². The molecule has 0 spiro atoms. The quantitative estimate of drug-likeness (QED) is 0.242. The number of pyridine rings is 1. The first-order valence-corrected chi connectivity index (χ1v) is 16.1. The number of hydrogen-bond acceptors (Lipinski definition) is 7. The van der Waals surface area contributed by atoms with Crippen molar-refractivity contribution in [2.75, 3.05) is 29.4 Å². The first-order chi connectivity index (χ1) is 21.3. The third-order valence-electron chi connectivity index (χ3n) is 9.24. The number of carbonyl (C=O) groups is 1. The second-order valence-electron chi connectivity index (χ2n) is 14.4. The van der Waals surface area contributed by atoms with Crippen LogP contribution in [0.2, 0.25) is 0 Å². The van der Waals surface area contributed by atoms with Crippen molar-refractivity contribution in [1.29, 1.82) is 0 Å². The average molecular weight is 608 g/mol. The van der Waals surface area contributed by atoms with E-state index in [2.05, 4.69) is 46.8 Å². The highest BCUT2D eigenvalue weighted by molar-refractivity contribution is 5.88. The van der Waals surface area contributed by atoms with Crippen molar-refractivity contribution < 1.29 is 14.6 Å². The average Bonchev–Trinajstić information content (AvgIpc) is 2.98. The Hall–Kier alpha value is -4.04. The molecule has 0 saturated carbocycles. The summed E-state index contributed by atoms with van der Waals surface area (Å²) < 4.78 is 6.26. The van der Waals surface area contributed by atoms with Gasteiger partial charge in [-0.15, -0.1) is 0 Å². The topological polar surface area (TPSA) is 91.7 Å². The van der Waals surface area contributed by atoms with Crippen LogP contribution < -0.4 is 9.80 Å². The monoisotopic (exact) mass is 607 g/mol. The number of aryl methyl sites for hydroxylation is 2. The minimum Gasteiger partial charge on any atom is -0.479 e. The predicted octanol–water partition coefficient (Wildman–Crippen LogP) is 7.44. The van der Waals surface area contributed by atoms with Gasteiger partial charge in [-0.2, -0.15) is 0 Å². The maximum absolute atomic E-state index is 12.8. The number of nitrogens with zero attached hydrogens (tertiary/aromatic N) is 5. The van der Waals surface area contributed by atoms with Gasteiger partial charge >= 0.3 is 5.97 Å². The molecule has 6 rings (SSSR count). The van der Waals surface area contributed by atoms with Crippen molar-refractivity contribution in [3.8, 4) is 11.1 Å². The fraction of sp³-hybridized carbons (Fsp3) is 0.459. The number of ether oxygens (including phenoxy) is 1. The summed E-state index contributed by atoms with van der Waals surface area (Å²) in [7, 11) is 0. The summed E-state index contributed by atoms with van der Waals surface area (Å²) in [5.74, 6) is -0.245. The molecule has 45 heavy (non-hydrogen) atoms. The van der Waals surface area contributed by atoms with Crippen LogP contribution >= 0.6 is 0 Å². The lowest BCUT2D eigenvalue weighted by molar-refractivity contribution is -0.160. The normalized spacial score (nSPS) is 17.3. The Labute approximate surface area is 266 Å². The molecule has 0 radical (unpaired) electrons. The first-order valence-electron chi connectivity index (χ1n) is 16.1. The van der Waals surface area contributed by atoms with Crippen molar-refractivity contribution in [3.63, 3.8) is 0 Å². The number of aromatic nitrogens is 3. The summed E-state index contributed by atoms with van der Waals surface area (Å²) in [6.07, 6.45) is 3.69. The van der Waals surface area contributed by atoms with Crippen LogP contribution in [0.5, 0.6) is 0 Å². The number of fused-ring (bicyclic) bond motifs is 2. The van der Waals surface area contributed by atoms with E-state index in [4.69, 9.17) is 14.7 Å². The molecule has 0 bridgehead atoms. The Morgan fingerprint density at radius 1 is 0.956 bits per heavy atom. The minimum absolute atomic E-state index is 0.245. The van der Waals surface area contributed by atoms with Crippen LogP contribution in [0.15, 0.2) is 48.7 Å². The zero-order valence-corrected chi connectivity index (χ0v) is 27.6. The van der Waals surface area contributed by atoms with Crippen molar-refractivity contribution >= 4 is 28.5 Å². The number of para-hydroxylation sites is 1. The van der Waals surface area contributed by atoms with Crippen LogP contribution in [0.3, 0.4) is 0 Å². The Morgan fingerprint density at radius 2 is 1.69 bits per heavy atom. The first kappa shape index (κ1) is 31.0. The molecule has 8 heteroatoms. The van der Waals surface area contributed by atoms with E-state index in [1.54, 1.807) is 0 Å². The van der Waals surface area contributed by atoms with Crippen molar-refractivity contribution in [2.24, 2.45) is 5.41 Å². The summed E-state index contributed by atoms with van der Waals surface area (Å²) in [5, 5.41) is 11.5. The molecule has 8 nitrogen and oxygen atoms in total. The lowest BCUT2D eigenvalue weighted by Crippen LogP contribution is -2.39. The molecule has 2 aromatic heterocycles. The van der Waals surface area contributed by atoms with Gasteiger partial charge < -0.3 is 19.6 Å². The highest BCUT2D eigenvalue weighted by Crippen LogP contribution is 2.45. The minimum atomic E-state index is -1.13. The van der Waals surface area contributed by atoms with Gasteiger partial charge in [-0.1, -0.05) is 50.2 Å². The summed E-state index contributed by atoms with van der Waals surface area (Å²) in [4.78, 5) is 31.9. The van der Waals surface area contributed by atoms with Gasteiger partial charge in [0.05, 0.1) is 16.8 Å². The van der Waals surface area contributed by atoms with Gasteiger partial charge in [0.15, 0.2) is 6.10 Å². The Kier molecular flexibility index (Phi) is 8.06. The fourth-order valence-corrected chi connectivity index (χ4v) is 6.75. The lowest BCUT2D eigenvalue weighted by atomic mass is 9.81. The van der Waals surface area contributed by atoms with Gasteiger partial charge in [0, 0.05) is 60.3 Å². The van der Waals surface area contributed by atoms with E-state index in [0.29, 0.717) is 11.3 Å². The highest BCUT2D eigenvalue weighted by Gasteiger charge is 2.36. The molecule has 0 amide bonds. The third kappa shape index (κ3) is 6.39. The van der Waals surface area contributed by atoms with Crippen LogP contribution in [-0.4, -0.2) is 51.3 Å². The maximum Gasteiger partial charge on any atom is 0.337 e. The third-order valence-corrected chi connectivity index (χ3v) is 9.24. The van der Waals surface area contributed by atoms with Crippen LogP contribution in [0, 0.1) is 19.3 Å². The molecule has 1 atom stereocenters. The number of carboxylic acid groups (broad SMARTS) is 1. The molecule has 4 aromatic rings. The molecule has 2 aliphatic rings. The molecular weight excluding hydrogens is 562 g/mol. The number of hydrogen-bond donors (Lipinski definition) is 1. The van der Waals surface area contributed by atoms with Crippen molar-refractivity contribution in [1.82, 2.24) is 15.0 Å². The second-order valence-corrected chi connectivity index (χ2v) is 14.4. The number of rotatable bonds is 6. The maximum atomic E-state index is 12.8. The standard InChI is InChI=1S/C37H45N5O3/c1-23-30(26-12-13-28-22-42(17-14-25(28)20-26)35-38-21-27-10-8-9-11-29(27)40-35)32(41-18-15-37(6,7)16-19-41)31(24(2)39-23)33(34(43)44)45-36(3,4)5/h8-13,20-21,33H,14-19,22H2,1-7H3,(H,43,44)/t33-/m0/s1. The van der Waals surface area contributed by atoms with E-state index in [0.717, 1.165) is 84.8 Å². The SMILES string of the molecule is Cc1nc(C)c([C@H](OC(C)(C)C)C(=O)O)c(N2CCC(C)(C)CC2)c1-c1ccc2c(c1)CCN(c1ncc3ccccc3n1)C2. The van der Waals surface area contributed by atoms with Crippen molar-refractivity contribution in [3.05, 3.63) is 76.7 Å². The number of anilines is 2. The van der Waals surface area contributed by atoms with Gasteiger partial charge in [-0.25, -0.2) is 14.8 Å². The van der Waals surface area contributed by atoms with Gasteiger partial charge in [0.25, 0.3) is 0 Å². The molecule has 1 saturated heterocycles. The summed E-state index contributed by atoms with van der Waals surface area (Å²) in [6, 6.07) is 14.7. The predicted molar refractivity (Wildman–Crippen MR) is 180 cm³/mol. The Balaban J connectivity index is 1.42. The van der Waals surface area contributed by atoms with E-state index in [9.17, 15) is 9.90 Å². The second kappa shape index (κ2) is 11.7. The fourth-order valence-electron chi connectivity index (χ4n) is 6.75. The molecule has 2 aromatic carbocycles. The molecular formula is C37H45N5O3.